The highest BCUT2D eigenvalue weighted by molar-refractivity contribution is 7.95. The maximum absolute atomic E-state index is 14.8. The lowest BCUT2D eigenvalue weighted by molar-refractivity contribution is -0.0497. The predicted molar refractivity (Wildman–Crippen MR) is 182 cm³/mol. The number of alkyl halides is 2. The van der Waals surface area contributed by atoms with Crippen LogP contribution in [0, 0.1) is 0 Å². The van der Waals surface area contributed by atoms with E-state index in [1.807, 2.05) is 6.08 Å². The van der Waals surface area contributed by atoms with E-state index in [0.717, 1.165) is 68.2 Å². The quantitative estimate of drug-likeness (QED) is 0.204. The molecule has 5 rings (SSSR count). The van der Waals surface area contributed by atoms with E-state index in [-0.39, 0.29) is 44.0 Å². The molecule has 0 bridgehead atoms. The van der Waals surface area contributed by atoms with Gasteiger partial charge in [-0.15, -0.1) is 0 Å². The highest BCUT2D eigenvalue weighted by Gasteiger charge is 2.33. The Bertz CT molecular complexity index is 1770. The highest BCUT2D eigenvalue weighted by Crippen LogP contribution is 2.35. The fourth-order valence-corrected chi connectivity index (χ4v) is 9.38. The van der Waals surface area contributed by atoms with Gasteiger partial charge < -0.3 is 18.8 Å². The summed E-state index contributed by atoms with van der Waals surface area (Å²) in [5, 5.41) is -0.270. The van der Waals surface area contributed by atoms with E-state index in [2.05, 4.69) is 14.7 Å². The molecule has 2 heterocycles. The summed E-state index contributed by atoms with van der Waals surface area (Å²) < 4.78 is 86.4. The number of hydrogen-bond donors (Lipinski definition) is 0. The first-order chi connectivity index (χ1) is 23.2. The zero-order chi connectivity index (χ0) is 34.1. The molecule has 3 aromatic rings. The topological polar surface area (TPSA) is 116 Å². The molecule has 9 nitrogen and oxygen atoms in total. The van der Waals surface area contributed by atoms with Crippen LogP contribution in [0.15, 0.2) is 69.9 Å². The first kappa shape index (κ1) is 35.9. The van der Waals surface area contributed by atoms with Gasteiger partial charge in [-0.25, -0.2) is 8.42 Å². The minimum atomic E-state index is -4.44. The third kappa shape index (κ3) is 8.59. The molecule has 1 unspecified atom stereocenters. The third-order valence-corrected chi connectivity index (χ3v) is 11.8. The summed E-state index contributed by atoms with van der Waals surface area (Å²) in [6, 6.07) is 5.44. The molecule has 0 saturated heterocycles. The molecule has 48 heavy (non-hydrogen) atoms. The Morgan fingerprint density at radius 1 is 0.938 bits per heavy atom. The van der Waals surface area contributed by atoms with Gasteiger partial charge in [0.1, 0.15) is 11.4 Å². The number of pyridine rings is 1. The Labute approximate surface area is 284 Å². The summed E-state index contributed by atoms with van der Waals surface area (Å²) in [4.78, 5) is 8.81. The molecule has 2 aliphatic carbocycles. The summed E-state index contributed by atoms with van der Waals surface area (Å²) in [6.07, 6.45) is 19.9. The average molecular weight is 704 g/mol. The Kier molecular flexibility index (Phi) is 12.6. The molecule has 0 saturated carbocycles. The van der Waals surface area contributed by atoms with Gasteiger partial charge >= 0.3 is 11.8 Å². The number of benzene rings is 1. The van der Waals surface area contributed by atoms with Crippen molar-refractivity contribution < 1.29 is 36.0 Å². The van der Waals surface area contributed by atoms with Crippen LogP contribution in [-0.4, -0.2) is 47.7 Å². The minimum Gasteiger partial charge on any atom is -0.609 e. The van der Waals surface area contributed by atoms with Crippen molar-refractivity contribution in [2.45, 2.75) is 101 Å². The predicted octanol–water partition coefficient (Wildman–Crippen LogP) is 8.37. The summed E-state index contributed by atoms with van der Waals surface area (Å²) in [7, 11) is -1.55. The molecule has 0 fully saturated rings. The lowest BCUT2D eigenvalue weighted by Crippen LogP contribution is -2.21. The largest absolute Gasteiger partial charge is 0.609 e. The van der Waals surface area contributed by atoms with Gasteiger partial charge in [0.25, 0.3) is 10.0 Å². The first-order valence-corrected chi connectivity index (χ1v) is 19.2. The Morgan fingerprint density at radius 3 is 2.38 bits per heavy atom. The fraction of sp³-hybridized carbons (Fsp3) is 0.486. The second kappa shape index (κ2) is 16.8. The Morgan fingerprint density at radius 2 is 1.65 bits per heavy atom. The second-order valence-corrected chi connectivity index (χ2v) is 15.1. The van der Waals surface area contributed by atoms with Crippen LogP contribution in [0.5, 0.6) is 17.2 Å². The highest BCUT2D eigenvalue weighted by atomic mass is 32.2. The molecule has 0 radical (unpaired) electrons. The van der Waals surface area contributed by atoms with Crippen molar-refractivity contribution >= 4 is 32.2 Å². The molecule has 2 aliphatic rings. The zero-order valence-corrected chi connectivity index (χ0v) is 29.1. The maximum Gasteiger partial charge on any atom is 0.387 e. The molecule has 0 amide bonds. The van der Waals surface area contributed by atoms with Crippen LogP contribution in [-0.2, 0) is 27.0 Å². The van der Waals surface area contributed by atoms with Gasteiger partial charge in [-0.05, 0) is 75.1 Å². The van der Waals surface area contributed by atoms with Gasteiger partial charge in [-0.2, -0.15) is 17.7 Å². The lowest BCUT2D eigenvalue weighted by atomic mass is 9.88. The van der Waals surface area contributed by atoms with Gasteiger partial charge in [0.2, 0.25) is 0 Å². The maximum atomic E-state index is 14.8. The summed E-state index contributed by atoms with van der Waals surface area (Å²) >= 11 is -2.08. The van der Waals surface area contributed by atoms with Crippen molar-refractivity contribution in [3.05, 3.63) is 70.4 Å². The molecule has 1 aromatic carbocycles. The molecule has 0 aliphatic heterocycles. The van der Waals surface area contributed by atoms with Crippen molar-refractivity contribution in [2.24, 2.45) is 0 Å². The number of allylic oxidation sites excluding steroid dienone is 5. The molecule has 0 spiro atoms. The zero-order valence-electron chi connectivity index (χ0n) is 27.5. The smallest absolute Gasteiger partial charge is 0.387 e. The number of rotatable bonds is 9. The number of hydrogen-bond acceptors (Lipinski definition) is 8. The van der Waals surface area contributed by atoms with E-state index < -0.39 is 27.8 Å². The van der Waals surface area contributed by atoms with E-state index in [1.54, 1.807) is 18.2 Å². The molecular formula is C35H43F2N3O6S2. The molecule has 2 aromatic heterocycles. The van der Waals surface area contributed by atoms with Crippen molar-refractivity contribution in [3.8, 4) is 17.2 Å². The van der Waals surface area contributed by atoms with Gasteiger partial charge in [0.05, 0.1) is 30.2 Å². The standard InChI is InChI=1S/C35H43F2N3O6S2/c1-44-32-21-22-38-30(33(32)45-2)24-47(41)35-39-29-20-18-27(46-34(36)37)23-31(29)40(35)48(42,43)28-16-10-8-6-4-3-5-7-9-13-25-14-11-12-15-26(25)17-19-28/h16-23,34H,3-15,24H2,1-2H3/b19-17+,28-16+. The van der Waals surface area contributed by atoms with Crippen LogP contribution >= 0.6 is 0 Å². The number of halogens is 2. The normalized spacial score (nSPS) is 19.5. The summed E-state index contributed by atoms with van der Waals surface area (Å²) in [5.41, 5.74) is 2.96. The van der Waals surface area contributed by atoms with Crippen LogP contribution in [0.3, 0.4) is 0 Å². The van der Waals surface area contributed by atoms with Crippen LogP contribution < -0.4 is 14.2 Å². The number of fused-ring (bicyclic) bond motifs is 1. The van der Waals surface area contributed by atoms with E-state index >= 15 is 0 Å². The Balaban J connectivity index is 1.63. The van der Waals surface area contributed by atoms with E-state index in [4.69, 9.17) is 9.47 Å². The van der Waals surface area contributed by atoms with Gasteiger partial charge in [-0.1, -0.05) is 49.8 Å². The lowest BCUT2D eigenvalue weighted by Gasteiger charge is -2.19. The SMILES string of the molecule is COc1ccnc(C[S+]([O-])c2nc3ccc(OC(F)F)cc3n2S(=O)(=O)C2=C/CCCCCCCCCC3=C(\C=C\2)CCCC3)c1OC. The number of aromatic nitrogens is 3. The van der Waals surface area contributed by atoms with Crippen molar-refractivity contribution in [3.63, 3.8) is 0 Å². The molecule has 0 N–H and O–H groups in total. The van der Waals surface area contributed by atoms with Crippen LogP contribution in [0.2, 0.25) is 0 Å². The molecule has 1 atom stereocenters. The third-order valence-electron chi connectivity index (χ3n) is 8.76. The number of ether oxygens (including phenoxy) is 3. The summed E-state index contributed by atoms with van der Waals surface area (Å²) in [6.45, 7) is -3.12. The number of nitrogens with zero attached hydrogens (tertiary/aromatic N) is 3. The fourth-order valence-electron chi connectivity index (χ4n) is 6.34. The van der Waals surface area contributed by atoms with Crippen molar-refractivity contribution in [1.29, 1.82) is 0 Å². The van der Waals surface area contributed by atoms with E-state index in [0.29, 0.717) is 12.2 Å². The Hall–Kier alpha value is -3.42. The van der Waals surface area contributed by atoms with Crippen LogP contribution in [0.25, 0.3) is 11.0 Å². The number of imidazole rings is 1. The minimum absolute atomic E-state index is 0.0233. The molecule has 260 valence electrons. The molecule has 13 heteroatoms. The first-order valence-electron chi connectivity index (χ1n) is 16.5. The van der Waals surface area contributed by atoms with Crippen LogP contribution in [0.4, 0.5) is 8.78 Å². The number of methoxy groups -OCH3 is 2. The van der Waals surface area contributed by atoms with Crippen molar-refractivity contribution in [2.75, 3.05) is 14.2 Å². The van der Waals surface area contributed by atoms with E-state index in [9.17, 15) is 21.8 Å². The van der Waals surface area contributed by atoms with Crippen LogP contribution in [0.1, 0.15) is 89.2 Å². The van der Waals surface area contributed by atoms with Gasteiger partial charge in [0.15, 0.2) is 17.3 Å². The second-order valence-electron chi connectivity index (χ2n) is 12.0. The monoisotopic (exact) mass is 703 g/mol. The van der Waals surface area contributed by atoms with E-state index in [1.165, 1.54) is 62.6 Å². The van der Waals surface area contributed by atoms with Gasteiger partial charge in [0, 0.05) is 29.5 Å². The van der Waals surface area contributed by atoms with Gasteiger partial charge in [-0.3, -0.25) is 4.98 Å². The van der Waals surface area contributed by atoms with Crippen molar-refractivity contribution in [1.82, 2.24) is 13.9 Å². The average Bonchev–Trinajstić information content (AvgIpc) is 3.46. The molecular weight excluding hydrogens is 661 g/mol. The summed E-state index contributed by atoms with van der Waals surface area (Å²) in [5.74, 6) is 0.142.